The summed E-state index contributed by atoms with van der Waals surface area (Å²) in [6, 6.07) is -0.171. The van der Waals surface area contributed by atoms with E-state index in [0.717, 1.165) is 0 Å². The molecule has 0 aliphatic carbocycles. The van der Waals surface area contributed by atoms with Gasteiger partial charge in [-0.1, -0.05) is 0 Å². The number of nitrogens with one attached hydrogen (secondary N) is 1. The van der Waals surface area contributed by atoms with Crippen molar-refractivity contribution in [3.05, 3.63) is 0 Å². The van der Waals surface area contributed by atoms with E-state index in [1.165, 1.54) is 7.11 Å². The third-order valence-electron chi connectivity index (χ3n) is 2.46. The summed E-state index contributed by atoms with van der Waals surface area (Å²) < 4.78 is 9.64. The van der Waals surface area contributed by atoms with Gasteiger partial charge in [0.05, 0.1) is 6.61 Å². The van der Waals surface area contributed by atoms with Crippen molar-refractivity contribution >= 4 is 12.1 Å². The fraction of sp³-hybridized carbons (Fsp3) is 0.800. The fourth-order valence-electron chi connectivity index (χ4n) is 1.55. The Labute approximate surface area is 101 Å². The molecule has 1 rings (SSSR count). The van der Waals surface area contributed by atoms with Crippen LogP contribution in [0.5, 0.6) is 0 Å². The minimum atomic E-state index is -0.315. The minimum absolute atomic E-state index is 0.171. The Kier molecular flexibility index (Phi) is 5.55. The lowest BCUT2D eigenvalue weighted by Crippen LogP contribution is -2.53. The van der Waals surface area contributed by atoms with E-state index in [-0.39, 0.29) is 18.9 Å². The van der Waals surface area contributed by atoms with E-state index in [9.17, 15) is 9.59 Å². The molecule has 7 heteroatoms. The standard InChI is InChI=1S/C10H19N3O4/c1-3-17-10(15)13-6-4-12(5-7-13)9(14)11-8-16-2/h3-8H2,1-2H3,(H,11,14). The lowest BCUT2D eigenvalue weighted by Gasteiger charge is -2.33. The third-order valence-corrected chi connectivity index (χ3v) is 2.46. The van der Waals surface area contributed by atoms with Gasteiger partial charge in [-0.25, -0.2) is 9.59 Å². The largest absolute Gasteiger partial charge is 0.450 e. The van der Waals surface area contributed by atoms with Crippen LogP contribution in [0.2, 0.25) is 0 Å². The molecule has 0 aromatic heterocycles. The van der Waals surface area contributed by atoms with Crippen molar-refractivity contribution in [3.8, 4) is 0 Å². The second-order valence-corrected chi connectivity index (χ2v) is 3.59. The smallest absolute Gasteiger partial charge is 0.409 e. The monoisotopic (exact) mass is 245 g/mol. The average molecular weight is 245 g/mol. The molecule has 0 aromatic carbocycles. The number of carbonyl (C=O) groups is 2. The second kappa shape index (κ2) is 6.95. The molecule has 98 valence electrons. The lowest BCUT2D eigenvalue weighted by atomic mass is 10.3. The fourth-order valence-corrected chi connectivity index (χ4v) is 1.55. The second-order valence-electron chi connectivity index (χ2n) is 3.59. The number of hydrogen-bond acceptors (Lipinski definition) is 4. The molecular formula is C10H19N3O4. The van der Waals surface area contributed by atoms with Crippen LogP contribution in [0.3, 0.4) is 0 Å². The minimum Gasteiger partial charge on any atom is -0.450 e. The highest BCUT2D eigenvalue weighted by Crippen LogP contribution is 2.03. The highest BCUT2D eigenvalue weighted by Gasteiger charge is 2.24. The number of rotatable bonds is 3. The molecule has 1 aliphatic rings. The normalized spacial score (nSPS) is 15.6. The highest BCUT2D eigenvalue weighted by molar-refractivity contribution is 5.74. The molecule has 3 amide bonds. The van der Waals surface area contributed by atoms with Crippen molar-refractivity contribution in [1.29, 1.82) is 0 Å². The first-order chi connectivity index (χ1) is 8.19. The van der Waals surface area contributed by atoms with Gasteiger partial charge in [0.25, 0.3) is 0 Å². The van der Waals surface area contributed by atoms with Crippen molar-refractivity contribution in [2.45, 2.75) is 6.92 Å². The lowest BCUT2D eigenvalue weighted by molar-refractivity contribution is 0.0829. The van der Waals surface area contributed by atoms with Gasteiger partial charge >= 0.3 is 12.1 Å². The zero-order valence-corrected chi connectivity index (χ0v) is 10.3. The quantitative estimate of drug-likeness (QED) is 0.714. The summed E-state index contributed by atoms with van der Waals surface area (Å²) >= 11 is 0. The maximum absolute atomic E-state index is 11.6. The van der Waals surface area contributed by atoms with Crippen LogP contribution in [0.1, 0.15) is 6.92 Å². The molecule has 0 atom stereocenters. The number of urea groups is 1. The first-order valence-electron chi connectivity index (χ1n) is 5.62. The predicted octanol–water partition coefficient (Wildman–Crippen LogP) is 0.0740. The zero-order chi connectivity index (χ0) is 12.7. The first-order valence-corrected chi connectivity index (χ1v) is 5.62. The van der Waals surface area contributed by atoms with Crippen LogP contribution < -0.4 is 5.32 Å². The average Bonchev–Trinajstić information content (AvgIpc) is 2.36. The molecule has 1 saturated heterocycles. The Bertz CT molecular complexity index is 264. The van der Waals surface area contributed by atoms with Crippen LogP contribution in [-0.2, 0) is 9.47 Å². The van der Waals surface area contributed by atoms with Crippen LogP contribution in [-0.4, -0.2) is 68.6 Å². The summed E-state index contributed by atoms with van der Waals surface area (Å²) in [6.45, 7) is 4.35. The van der Waals surface area contributed by atoms with Gasteiger partial charge in [0.2, 0.25) is 0 Å². The Hall–Kier alpha value is -1.50. The molecule has 7 nitrogen and oxygen atoms in total. The van der Waals surface area contributed by atoms with Crippen molar-refractivity contribution in [1.82, 2.24) is 15.1 Å². The Morgan fingerprint density at radius 3 is 2.29 bits per heavy atom. The summed E-state index contributed by atoms with van der Waals surface area (Å²) in [7, 11) is 1.51. The van der Waals surface area contributed by atoms with Crippen LogP contribution in [0, 0.1) is 0 Å². The molecule has 0 radical (unpaired) electrons. The molecule has 0 unspecified atom stereocenters. The van der Waals surface area contributed by atoms with Gasteiger partial charge < -0.3 is 24.6 Å². The van der Waals surface area contributed by atoms with Gasteiger partial charge in [0.15, 0.2) is 0 Å². The van der Waals surface area contributed by atoms with Gasteiger partial charge in [-0.05, 0) is 6.92 Å². The maximum Gasteiger partial charge on any atom is 0.409 e. The topological polar surface area (TPSA) is 71.1 Å². The van der Waals surface area contributed by atoms with Crippen molar-refractivity contribution in [2.75, 3.05) is 46.6 Å². The number of ether oxygens (including phenoxy) is 2. The predicted molar refractivity (Wildman–Crippen MR) is 60.6 cm³/mol. The molecule has 0 bridgehead atoms. The Morgan fingerprint density at radius 2 is 1.76 bits per heavy atom. The summed E-state index contributed by atoms with van der Waals surface area (Å²) in [5, 5.41) is 2.60. The van der Waals surface area contributed by atoms with E-state index in [0.29, 0.717) is 32.8 Å². The van der Waals surface area contributed by atoms with E-state index in [1.807, 2.05) is 0 Å². The number of amides is 3. The van der Waals surface area contributed by atoms with Crippen LogP contribution >= 0.6 is 0 Å². The van der Waals surface area contributed by atoms with Gasteiger partial charge in [-0.3, -0.25) is 0 Å². The molecule has 0 saturated carbocycles. The van der Waals surface area contributed by atoms with Crippen LogP contribution in [0.15, 0.2) is 0 Å². The van der Waals surface area contributed by atoms with Crippen molar-refractivity contribution in [2.24, 2.45) is 0 Å². The Balaban J connectivity index is 2.30. The first kappa shape index (κ1) is 13.6. The number of hydrogen-bond donors (Lipinski definition) is 1. The van der Waals surface area contributed by atoms with E-state index in [4.69, 9.17) is 9.47 Å². The summed E-state index contributed by atoms with van der Waals surface area (Å²) in [5.41, 5.74) is 0. The molecule has 1 aliphatic heterocycles. The molecule has 1 fully saturated rings. The third kappa shape index (κ3) is 4.10. The van der Waals surface area contributed by atoms with Crippen molar-refractivity contribution in [3.63, 3.8) is 0 Å². The van der Waals surface area contributed by atoms with Gasteiger partial charge in [0.1, 0.15) is 6.73 Å². The van der Waals surface area contributed by atoms with E-state index in [1.54, 1.807) is 16.7 Å². The zero-order valence-electron chi connectivity index (χ0n) is 10.3. The van der Waals surface area contributed by atoms with Gasteiger partial charge in [-0.15, -0.1) is 0 Å². The Morgan fingerprint density at radius 1 is 1.18 bits per heavy atom. The highest BCUT2D eigenvalue weighted by atomic mass is 16.6. The van der Waals surface area contributed by atoms with E-state index < -0.39 is 0 Å². The maximum atomic E-state index is 11.6. The molecule has 1 heterocycles. The molecule has 0 aromatic rings. The summed E-state index contributed by atoms with van der Waals surface area (Å²) in [6.07, 6.45) is -0.315. The molecule has 1 N–H and O–H groups in total. The number of carbonyl (C=O) groups excluding carboxylic acids is 2. The van der Waals surface area contributed by atoms with Crippen LogP contribution in [0.4, 0.5) is 9.59 Å². The van der Waals surface area contributed by atoms with Crippen molar-refractivity contribution < 1.29 is 19.1 Å². The summed E-state index contributed by atoms with van der Waals surface area (Å²) in [4.78, 5) is 26.2. The van der Waals surface area contributed by atoms with E-state index >= 15 is 0 Å². The van der Waals surface area contributed by atoms with E-state index in [2.05, 4.69) is 5.32 Å². The molecule has 17 heavy (non-hydrogen) atoms. The molecular weight excluding hydrogens is 226 g/mol. The van der Waals surface area contributed by atoms with Crippen LogP contribution in [0.25, 0.3) is 0 Å². The van der Waals surface area contributed by atoms with Gasteiger partial charge in [-0.2, -0.15) is 0 Å². The SMILES string of the molecule is CCOC(=O)N1CCN(C(=O)NCOC)CC1. The van der Waals surface area contributed by atoms with Gasteiger partial charge in [0, 0.05) is 33.3 Å². The number of methoxy groups -OCH3 is 1. The summed E-state index contributed by atoms with van der Waals surface area (Å²) in [5.74, 6) is 0. The molecule has 0 spiro atoms. The number of nitrogens with zero attached hydrogens (tertiary/aromatic N) is 2. The number of piperazine rings is 1.